The quantitative estimate of drug-likeness (QED) is 0.672. The maximum atomic E-state index is 5.64. The summed E-state index contributed by atoms with van der Waals surface area (Å²) >= 11 is 0. The van der Waals surface area contributed by atoms with Crippen LogP contribution in [0.4, 0.5) is 0 Å². The summed E-state index contributed by atoms with van der Waals surface area (Å²) in [6, 6.07) is 0. The topological polar surface area (TPSA) is 18.5 Å². The van der Waals surface area contributed by atoms with Crippen LogP contribution in [0.5, 0.6) is 0 Å². The second-order valence-corrected chi connectivity index (χ2v) is 5.38. The average Bonchev–Trinajstić information content (AvgIpc) is 2.50. The highest BCUT2D eigenvalue weighted by Gasteiger charge is 2.23. The number of ether oxygens (including phenoxy) is 2. The zero-order chi connectivity index (χ0) is 11.3. The predicted octanol–water partition coefficient (Wildman–Crippen LogP) is 3.60. The Kier molecular flexibility index (Phi) is 5.62. The molecule has 1 fully saturated rings. The summed E-state index contributed by atoms with van der Waals surface area (Å²) in [4.78, 5) is 0. The number of rotatable bonds is 6. The van der Waals surface area contributed by atoms with E-state index < -0.39 is 0 Å². The van der Waals surface area contributed by atoms with Gasteiger partial charge in [0.1, 0.15) is 0 Å². The average molecular weight is 214 g/mol. The van der Waals surface area contributed by atoms with Gasteiger partial charge in [-0.25, -0.2) is 0 Å². The fourth-order valence-corrected chi connectivity index (χ4v) is 2.03. The van der Waals surface area contributed by atoms with Crippen LogP contribution >= 0.6 is 0 Å². The van der Waals surface area contributed by atoms with Crippen molar-refractivity contribution in [2.45, 2.75) is 65.8 Å². The van der Waals surface area contributed by atoms with E-state index in [9.17, 15) is 0 Å². The van der Waals surface area contributed by atoms with Crippen LogP contribution in [-0.2, 0) is 9.47 Å². The third-order valence-electron chi connectivity index (χ3n) is 2.97. The van der Waals surface area contributed by atoms with Crippen LogP contribution in [0.3, 0.4) is 0 Å². The minimum atomic E-state index is 0.0639. The zero-order valence-electron chi connectivity index (χ0n) is 10.7. The molecule has 90 valence electrons. The first-order valence-corrected chi connectivity index (χ1v) is 6.35. The third kappa shape index (κ3) is 5.53. The van der Waals surface area contributed by atoms with E-state index in [2.05, 4.69) is 27.7 Å². The lowest BCUT2D eigenvalue weighted by Crippen LogP contribution is -2.13. The van der Waals surface area contributed by atoms with Gasteiger partial charge in [0.15, 0.2) is 6.29 Å². The molecular weight excluding hydrogens is 188 g/mol. The highest BCUT2D eigenvalue weighted by molar-refractivity contribution is 4.64. The van der Waals surface area contributed by atoms with Crippen molar-refractivity contribution >= 4 is 0 Å². The van der Waals surface area contributed by atoms with Crippen LogP contribution < -0.4 is 0 Å². The minimum absolute atomic E-state index is 0.0639. The summed E-state index contributed by atoms with van der Waals surface area (Å²) in [5.41, 5.74) is 0. The van der Waals surface area contributed by atoms with Gasteiger partial charge in [-0.15, -0.1) is 0 Å². The third-order valence-corrected chi connectivity index (χ3v) is 2.97. The van der Waals surface area contributed by atoms with Crippen molar-refractivity contribution in [3.8, 4) is 0 Å². The molecule has 0 amide bonds. The van der Waals surface area contributed by atoms with E-state index in [1.807, 2.05) is 0 Å². The highest BCUT2D eigenvalue weighted by Crippen LogP contribution is 2.22. The van der Waals surface area contributed by atoms with Crippen molar-refractivity contribution in [3.05, 3.63) is 0 Å². The molecule has 2 nitrogen and oxygen atoms in total. The smallest absolute Gasteiger partial charge is 0.158 e. The molecule has 1 heterocycles. The van der Waals surface area contributed by atoms with E-state index >= 15 is 0 Å². The molecule has 0 saturated carbocycles. The molecule has 0 radical (unpaired) electrons. The molecule has 2 heteroatoms. The Morgan fingerprint density at radius 2 is 1.93 bits per heavy atom. The number of hydrogen-bond donors (Lipinski definition) is 0. The van der Waals surface area contributed by atoms with Crippen molar-refractivity contribution < 1.29 is 9.47 Å². The summed E-state index contributed by atoms with van der Waals surface area (Å²) in [6.07, 6.45) is 5.39. The van der Waals surface area contributed by atoms with Crippen molar-refractivity contribution in [2.24, 2.45) is 11.8 Å². The fourth-order valence-electron chi connectivity index (χ4n) is 2.03. The Bertz CT molecular complexity index is 168. The molecule has 3 atom stereocenters. The van der Waals surface area contributed by atoms with Crippen molar-refractivity contribution in [3.63, 3.8) is 0 Å². The summed E-state index contributed by atoms with van der Waals surface area (Å²) in [7, 11) is 0. The molecule has 0 spiro atoms. The molecule has 0 aromatic heterocycles. The maximum Gasteiger partial charge on any atom is 0.158 e. The van der Waals surface area contributed by atoms with Gasteiger partial charge in [-0.1, -0.05) is 40.0 Å². The van der Waals surface area contributed by atoms with E-state index in [4.69, 9.17) is 9.47 Å². The van der Waals surface area contributed by atoms with E-state index in [1.165, 1.54) is 19.3 Å². The molecule has 0 aliphatic carbocycles. The Morgan fingerprint density at radius 3 is 2.47 bits per heavy atom. The van der Waals surface area contributed by atoms with Gasteiger partial charge in [-0.2, -0.15) is 0 Å². The Hall–Kier alpha value is -0.0800. The summed E-state index contributed by atoms with van der Waals surface area (Å²) in [5, 5.41) is 0. The second kappa shape index (κ2) is 6.49. The highest BCUT2D eigenvalue weighted by atomic mass is 16.7. The molecule has 0 N–H and O–H groups in total. The molecule has 0 aromatic carbocycles. The minimum Gasteiger partial charge on any atom is -0.350 e. The maximum absolute atomic E-state index is 5.64. The van der Waals surface area contributed by atoms with Gasteiger partial charge in [-0.3, -0.25) is 0 Å². The van der Waals surface area contributed by atoms with E-state index in [-0.39, 0.29) is 12.4 Å². The largest absolute Gasteiger partial charge is 0.350 e. The Balaban J connectivity index is 2.05. The van der Waals surface area contributed by atoms with Crippen molar-refractivity contribution in [2.75, 3.05) is 6.61 Å². The summed E-state index contributed by atoms with van der Waals surface area (Å²) in [5.74, 6) is 1.55. The summed E-state index contributed by atoms with van der Waals surface area (Å²) in [6.45, 7) is 9.72. The van der Waals surface area contributed by atoms with Crippen molar-refractivity contribution in [1.82, 2.24) is 0 Å². The lowest BCUT2D eigenvalue weighted by molar-refractivity contribution is -0.0681. The molecule has 1 aliphatic rings. The first kappa shape index (κ1) is 13.0. The van der Waals surface area contributed by atoms with Crippen LogP contribution in [0, 0.1) is 11.8 Å². The predicted molar refractivity (Wildman–Crippen MR) is 62.8 cm³/mol. The van der Waals surface area contributed by atoms with Gasteiger partial charge in [0.05, 0.1) is 12.7 Å². The van der Waals surface area contributed by atoms with E-state index in [1.54, 1.807) is 0 Å². The number of hydrogen-bond acceptors (Lipinski definition) is 2. The first-order chi connectivity index (χ1) is 7.08. The van der Waals surface area contributed by atoms with Crippen LogP contribution in [0.1, 0.15) is 53.4 Å². The van der Waals surface area contributed by atoms with Gasteiger partial charge in [0.25, 0.3) is 0 Å². The van der Waals surface area contributed by atoms with Gasteiger partial charge in [0, 0.05) is 6.42 Å². The Labute approximate surface area is 94.3 Å². The van der Waals surface area contributed by atoms with Gasteiger partial charge < -0.3 is 9.47 Å². The van der Waals surface area contributed by atoms with E-state index in [0.717, 1.165) is 24.9 Å². The zero-order valence-corrected chi connectivity index (χ0v) is 10.7. The Morgan fingerprint density at radius 1 is 1.20 bits per heavy atom. The SMILES string of the molecule is CC(C)CCCC(C)C[C@@H]1OCC(C)O1. The first-order valence-electron chi connectivity index (χ1n) is 6.35. The van der Waals surface area contributed by atoms with Gasteiger partial charge in [-0.05, 0) is 18.8 Å². The molecule has 1 saturated heterocycles. The molecule has 1 rings (SSSR count). The molecule has 2 unspecified atom stereocenters. The fraction of sp³-hybridized carbons (Fsp3) is 1.00. The molecule has 15 heavy (non-hydrogen) atoms. The van der Waals surface area contributed by atoms with Gasteiger partial charge >= 0.3 is 0 Å². The van der Waals surface area contributed by atoms with Crippen LogP contribution in [0.2, 0.25) is 0 Å². The second-order valence-electron chi connectivity index (χ2n) is 5.38. The van der Waals surface area contributed by atoms with E-state index in [0.29, 0.717) is 0 Å². The van der Waals surface area contributed by atoms with Gasteiger partial charge in [0.2, 0.25) is 0 Å². The van der Waals surface area contributed by atoms with Crippen LogP contribution in [-0.4, -0.2) is 19.0 Å². The molecule has 1 aliphatic heterocycles. The standard InChI is InChI=1S/C13H26O2/c1-10(2)6-5-7-11(3)8-13-14-9-12(4)15-13/h10-13H,5-9H2,1-4H3/t11?,12?,13-/m1/s1. The monoisotopic (exact) mass is 214 g/mol. The van der Waals surface area contributed by atoms with Crippen LogP contribution in [0.25, 0.3) is 0 Å². The van der Waals surface area contributed by atoms with Crippen LogP contribution in [0.15, 0.2) is 0 Å². The normalized spacial score (nSPS) is 28.6. The summed E-state index contributed by atoms with van der Waals surface area (Å²) < 4.78 is 11.2. The molecule has 0 aromatic rings. The lowest BCUT2D eigenvalue weighted by atomic mass is 9.97. The molecular formula is C13H26O2. The van der Waals surface area contributed by atoms with Crippen molar-refractivity contribution in [1.29, 1.82) is 0 Å². The lowest BCUT2D eigenvalue weighted by Gasteiger charge is -2.16. The molecule has 0 bridgehead atoms.